The van der Waals surface area contributed by atoms with Crippen molar-refractivity contribution in [1.29, 1.82) is 0 Å². The van der Waals surface area contributed by atoms with Crippen LogP contribution in [0.3, 0.4) is 0 Å². The smallest absolute Gasteiger partial charge is 0.255 e. The first-order valence-corrected chi connectivity index (χ1v) is 8.85. The lowest BCUT2D eigenvalue weighted by atomic mass is 10.0. The number of carbonyl (C=O) groups excluding carboxylic acids is 2. The highest BCUT2D eigenvalue weighted by Gasteiger charge is 2.23. The minimum atomic E-state index is -0.177. The van der Waals surface area contributed by atoms with Crippen LogP contribution in [0.1, 0.15) is 42.6 Å². The van der Waals surface area contributed by atoms with Crippen molar-refractivity contribution >= 4 is 35.0 Å². The van der Waals surface area contributed by atoms with Gasteiger partial charge in [0.15, 0.2) is 0 Å². The Kier molecular flexibility index (Phi) is 4.62. The molecule has 0 bridgehead atoms. The number of hydrogen-bond acceptors (Lipinski definition) is 3. The van der Waals surface area contributed by atoms with Gasteiger partial charge in [0.2, 0.25) is 5.91 Å². The Bertz CT molecular complexity index is 802. The first-order chi connectivity index (χ1) is 11.5. The minimum Gasteiger partial charge on any atom is -0.324 e. The lowest BCUT2D eigenvalue weighted by molar-refractivity contribution is -0.115. The maximum atomic E-state index is 12.6. The van der Waals surface area contributed by atoms with E-state index in [0.29, 0.717) is 17.2 Å². The zero-order valence-electron chi connectivity index (χ0n) is 13.9. The normalized spacial score (nSPS) is 16.5. The van der Waals surface area contributed by atoms with Gasteiger partial charge in [0, 0.05) is 16.1 Å². The van der Waals surface area contributed by atoms with Crippen molar-refractivity contribution < 1.29 is 9.59 Å². The van der Waals surface area contributed by atoms with Crippen molar-refractivity contribution in [2.45, 2.75) is 36.8 Å². The molecule has 1 aliphatic heterocycles. The van der Waals surface area contributed by atoms with Gasteiger partial charge >= 0.3 is 0 Å². The maximum Gasteiger partial charge on any atom is 0.255 e. The van der Waals surface area contributed by atoms with Crippen LogP contribution in [0.2, 0.25) is 0 Å². The zero-order chi connectivity index (χ0) is 17.3. The molecular formula is C19H20N2O2S. The van der Waals surface area contributed by atoms with E-state index < -0.39 is 0 Å². The molecule has 1 heterocycles. The molecule has 2 aromatic carbocycles. The summed E-state index contributed by atoms with van der Waals surface area (Å²) in [6.45, 7) is 6.06. The quantitative estimate of drug-likeness (QED) is 0.865. The summed E-state index contributed by atoms with van der Waals surface area (Å²) in [5, 5.41) is 5.72. The molecule has 5 heteroatoms. The molecule has 24 heavy (non-hydrogen) atoms. The molecule has 0 saturated heterocycles. The van der Waals surface area contributed by atoms with Crippen LogP contribution in [0.4, 0.5) is 11.4 Å². The number of thioether (sulfide) groups is 1. The zero-order valence-corrected chi connectivity index (χ0v) is 14.7. The fraction of sp³-hybridized carbons (Fsp3) is 0.263. The maximum absolute atomic E-state index is 12.6. The fourth-order valence-corrected chi connectivity index (χ4v) is 3.59. The van der Waals surface area contributed by atoms with Crippen LogP contribution in [0.5, 0.6) is 0 Å². The second-order valence-electron chi connectivity index (χ2n) is 6.16. The van der Waals surface area contributed by atoms with E-state index in [0.717, 1.165) is 16.1 Å². The molecule has 0 unspecified atom stereocenters. The first-order valence-electron chi connectivity index (χ1n) is 7.97. The molecule has 1 atom stereocenters. The van der Waals surface area contributed by atoms with E-state index in [1.165, 1.54) is 11.8 Å². The standard InChI is InChI=1S/C19H20N2O2S/c1-11(2)14-6-4-5-7-15(14)20-19(23)13-8-9-17-16(10-13)21-18(22)12(3)24-17/h4-12H,1-3H3,(H,20,23)(H,21,22)/t12-/m1/s1. The van der Waals surface area contributed by atoms with Crippen LogP contribution < -0.4 is 10.6 Å². The second kappa shape index (κ2) is 6.69. The topological polar surface area (TPSA) is 58.2 Å². The van der Waals surface area contributed by atoms with E-state index in [4.69, 9.17) is 0 Å². The Balaban J connectivity index is 1.84. The van der Waals surface area contributed by atoms with Crippen molar-refractivity contribution in [2.24, 2.45) is 0 Å². The predicted octanol–water partition coefficient (Wildman–Crippen LogP) is 4.50. The van der Waals surface area contributed by atoms with Gasteiger partial charge in [-0.3, -0.25) is 9.59 Å². The van der Waals surface area contributed by atoms with Gasteiger partial charge in [-0.15, -0.1) is 11.8 Å². The number of fused-ring (bicyclic) bond motifs is 1. The number of hydrogen-bond donors (Lipinski definition) is 2. The number of anilines is 2. The van der Waals surface area contributed by atoms with Crippen molar-refractivity contribution in [2.75, 3.05) is 10.6 Å². The van der Waals surface area contributed by atoms with Crippen LogP contribution in [0.15, 0.2) is 47.4 Å². The SMILES string of the molecule is CC(C)c1ccccc1NC(=O)c1ccc2c(c1)NC(=O)[C@@H](C)S2. The molecular weight excluding hydrogens is 320 g/mol. The van der Waals surface area contributed by atoms with Crippen LogP contribution >= 0.6 is 11.8 Å². The van der Waals surface area contributed by atoms with Crippen LogP contribution in [-0.4, -0.2) is 17.1 Å². The van der Waals surface area contributed by atoms with Gasteiger partial charge in [0.1, 0.15) is 0 Å². The number of nitrogens with one attached hydrogen (secondary N) is 2. The van der Waals surface area contributed by atoms with Gasteiger partial charge in [-0.2, -0.15) is 0 Å². The number of amides is 2. The molecule has 4 nitrogen and oxygen atoms in total. The van der Waals surface area contributed by atoms with Crippen molar-refractivity contribution in [3.05, 3.63) is 53.6 Å². The summed E-state index contributed by atoms with van der Waals surface area (Å²) in [5.41, 5.74) is 3.15. The Morgan fingerprint density at radius 1 is 1.21 bits per heavy atom. The van der Waals surface area contributed by atoms with Gasteiger partial charge in [-0.05, 0) is 42.7 Å². The van der Waals surface area contributed by atoms with Crippen molar-refractivity contribution in [1.82, 2.24) is 0 Å². The largest absolute Gasteiger partial charge is 0.324 e. The Hall–Kier alpha value is -2.27. The number of para-hydroxylation sites is 1. The molecule has 3 rings (SSSR count). The first kappa shape index (κ1) is 16.6. The van der Waals surface area contributed by atoms with E-state index in [-0.39, 0.29) is 17.1 Å². The number of rotatable bonds is 3. The van der Waals surface area contributed by atoms with Gasteiger partial charge in [0.25, 0.3) is 5.91 Å². The van der Waals surface area contributed by atoms with E-state index in [9.17, 15) is 9.59 Å². The Morgan fingerprint density at radius 2 is 1.96 bits per heavy atom. The monoisotopic (exact) mass is 340 g/mol. The van der Waals surface area contributed by atoms with E-state index >= 15 is 0 Å². The fourth-order valence-electron chi connectivity index (χ4n) is 2.66. The molecule has 0 spiro atoms. The van der Waals surface area contributed by atoms with Crippen LogP contribution in [0, 0.1) is 0 Å². The van der Waals surface area contributed by atoms with Gasteiger partial charge in [0.05, 0.1) is 10.9 Å². The summed E-state index contributed by atoms with van der Waals surface area (Å²) in [7, 11) is 0. The Labute approximate surface area is 146 Å². The van der Waals surface area contributed by atoms with E-state index in [1.807, 2.05) is 37.3 Å². The third kappa shape index (κ3) is 3.31. The highest BCUT2D eigenvalue weighted by atomic mass is 32.2. The van der Waals surface area contributed by atoms with E-state index in [2.05, 4.69) is 24.5 Å². The average Bonchev–Trinajstić information content (AvgIpc) is 2.55. The number of benzene rings is 2. The second-order valence-corrected chi connectivity index (χ2v) is 7.54. The minimum absolute atomic E-state index is 0.0322. The summed E-state index contributed by atoms with van der Waals surface area (Å²) >= 11 is 1.51. The van der Waals surface area contributed by atoms with Crippen LogP contribution in [-0.2, 0) is 4.79 Å². The molecule has 0 aliphatic carbocycles. The van der Waals surface area contributed by atoms with Gasteiger partial charge < -0.3 is 10.6 Å². The molecule has 0 saturated carbocycles. The lowest BCUT2D eigenvalue weighted by Gasteiger charge is -2.22. The van der Waals surface area contributed by atoms with Crippen molar-refractivity contribution in [3.8, 4) is 0 Å². The molecule has 2 amide bonds. The summed E-state index contributed by atoms with van der Waals surface area (Å²) < 4.78 is 0. The lowest BCUT2D eigenvalue weighted by Crippen LogP contribution is -2.26. The average molecular weight is 340 g/mol. The molecule has 2 aromatic rings. The molecule has 124 valence electrons. The summed E-state index contributed by atoms with van der Waals surface area (Å²) in [6, 6.07) is 13.2. The molecule has 0 aromatic heterocycles. The van der Waals surface area contributed by atoms with E-state index in [1.54, 1.807) is 12.1 Å². The van der Waals surface area contributed by atoms with Crippen LogP contribution in [0.25, 0.3) is 0 Å². The summed E-state index contributed by atoms with van der Waals surface area (Å²) in [5.74, 6) is 0.112. The molecule has 0 radical (unpaired) electrons. The van der Waals surface area contributed by atoms with Gasteiger partial charge in [-0.1, -0.05) is 32.0 Å². The molecule has 1 aliphatic rings. The third-order valence-electron chi connectivity index (χ3n) is 4.00. The van der Waals surface area contributed by atoms with Gasteiger partial charge in [-0.25, -0.2) is 0 Å². The summed E-state index contributed by atoms with van der Waals surface area (Å²) in [4.78, 5) is 25.4. The third-order valence-corrected chi connectivity index (χ3v) is 5.18. The highest BCUT2D eigenvalue weighted by molar-refractivity contribution is 8.00. The summed E-state index contributed by atoms with van der Waals surface area (Å²) in [6.07, 6.45) is 0. The molecule has 0 fully saturated rings. The predicted molar refractivity (Wildman–Crippen MR) is 98.9 cm³/mol. The Morgan fingerprint density at radius 3 is 2.71 bits per heavy atom. The van der Waals surface area contributed by atoms with Crippen molar-refractivity contribution in [3.63, 3.8) is 0 Å². The highest BCUT2D eigenvalue weighted by Crippen LogP contribution is 2.36. The molecule has 2 N–H and O–H groups in total. The number of carbonyl (C=O) groups is 2.